The standard InChI is InChI=1S/C20H26N6O2/c27-18-14-24(10-7-22-18)15-19(28)25-9-3-4-16(12-25)20-23-8-11-26(20)13-17-5-1-2-6-21-17/h1-2,5-6,8,11,16H,3-4,7,9-10,12-15H2,(H,22,27)/t16-/m0/s1. The quantitative estimate of drug-likeness (QED) is 0.813. The van der Waals surface area contributed by atoms with E-state index >= 15 is 0 Å². The number of hydrogen-bond acceptors (Lipinski definition) is 5. The molecule has 2 saturated heterocycles. The topological polar surface area (TPSA) is 83.4 Å². The lowest BCUT2D eigenvalue weighted by Crippen LogP contribution is -2.52. The lowest BCUT2D eigenvalue weighted by Gasteiger charge is -2.35. The van der Waals surface area contributed by atoms with E-state index in [-0.39, 0.29) is 17.7 Å². The molecule has 2 aromatic heterocycles. The maximum Gasteiger partial charge on any atom is 0.236 e. The van der Waals surface area contributed by atoms with Gasteiger partial charge in [-0.15, -0.1) is 0 Å². The monoisotopic (exact) mass is 382 g/mol. The van der Waals surface area contributed by atoms with Crippen molar-refractivity contribution in [3.8, 4) is 0 Å². The second-order valence-electron chi connectivity index (χ2n) is 7.47. The van der Waals surface area contributed by atoms with Gasteiger partial charge in [0.2, 0.25) is 11.8 Å². The first-order valence-corrected chi connectivity index (χ1v) is 9.87. The van der Waals surface area contributed by atoms with Crippen LogP contribution in [0.1, 0.15) is 30.3 Å². The van der Waals surface area contributed by atoms with Crippen LogP contribution in [0.4, 0.5) is 0 Å². The Morgan fingerprint density at radius 1 is 1.21 bits per heavy atom. The molecule has 2 aromatic rings. The number of hydrogen-bond donors (Lipinski definition) is 1. The van der Waals surface area contributed by atoms with Crippen molar-refractivity contribution < 1.29 is 9.59 Å². The van der Waals surface area contributed by atoms with E-state index in [0.717, 1.165) is 37.4 Å². The number of carbonyl (C=O) groups is 2. The van der Waals surface area contributed by atoms with Gasteiger partial charge in [0, 0.05) is 50.7 Å². The van der Waals surface area contributed by atoms with Crippen molar-refractivity contribution in [1.29, 1.82) is 0 Å². The number of likely N-dealkylation sites (tertiary alicyclic amines) is 1. The summed E-state index contributed by atoms with van der Waals surface area (Å²) in [5, 5.41) is 2.79. The summed E-state index contributed by atoms with van der Waals surface area (Å²) >= 11 is 0. The molecule has 0 aromatic carbocycles. The Bertz CT molecular complexity index is 821. The first kappa shape index (κ1) is 18.6. The number of rotatable bonds is 5. The smallest absolute Gasteiger partial charge is 0.236 e. The van der Waals surface area contributed by atoms with E-state index in [9.17, 15) is 9.59 Å². The Morgan fingerprint density at radius 2 is 2.14 bits per heavy atom. The van der Waals surface area contributed by atoms with Crippen LogP contribution in [0.5, 0.6) is 0 Å². The third-order valence-corrected chi connectivity index (χ3v) is 5.42. The van der Waals surface area contributed by atoms with Crippen molar-refractivity contribution in [1.82, 2.24) is 29.7 Å². The molecule has 4 heterocycles. The molecule has 0 saturated carbocycles. The summed E-state index contributed by atoms with van der Waals surface area (Å²) in [6.07, 6.45) is 7.60. The minimum Gasteiger partial charge on any atom is -0.354 e. The van der Waals surface area contributed by atoms with Gasteiger partial charge in [-0.3, -0.25) is 19.5 Å². The Hall–Kier alpha value is -2.74. The number of aromatic nitrogens is 3. The van der Waals surface area contributed by atoms with Crippen molar-refractivity contribution >= 4 is 11.8 Å². The van der Waals surface area contributed by atoms with Crippen LogP contribution in [0, 0.1) is 0 Å². The zero-order valence-electron chi connectivity index (χ0n) is 16.0. The van der Waals surface area contributed by atoms with Crippen LogP contribution in [0.2, 0.25) is 0 Å². The van der Waals surface area contributed by atoms with Gasteiger partial charge in [-0.25, -0.2) is 4.98 Å². The van der Waals surface area contributed by atoms with Crippen molar-refractivity contribution in [2.24, 2.45) is 0 Å². The van der Waals surface area contributed by atoms with Crippen molar-refractivity contribution in [3.05, 3.63) is 48.3 Å². The van der Waals surface area contributed by atoms with Gasteiger partial charge in [-0.05, 0) is 25.0 Å². The zero-order valence-corrected chi connectivity index (χ0v) is 16.0. The van der Waals surface area contributed by atoms with Crippen molar-refractivity contribution in [2.45, 2.75) is 25.3 Å². The van der Waals surface area contributed by atoms with E-state index in [4.69, 9.17) is 0 Å². The Kier molecular flexibility index (Phi) is 5.66. The van der Waals surface area contributed by atoms with Crippen LogP contribution in [0.15, 0.2) is 36.8 Å². The Balaban J connectivity index is 1.39. The van der Waals surface area contributed by atoms with E-state index in [1.165, 1.54) is 0 Å². The third kappa shape index (κ3) is 4.39. The fraction of sp³-hybridized carbons (Fsp3) is 0.500. The van der Waals surface area contributed by atoms with E-state index in [0.29, 0.717) is 32.7 Å². The maximum atomic E-state index is 12.8. The minimum atomic E-state index is -0.00730. The van der Waals surface area contributed by atoms with Crippen LogP contribution >= 0.6 is 0 Å². The van der Waals surface area contributed by atoms with E-state index in [1.807, 2.05) is 40.4 Å². The summed E-state index contributed by atoms with van der Waals surface area (Å²) in [5.41, 5.74) is 0.994. The molecule has 28 heavy (non-hydrogen) atoms. The highest BCUT2D eigenvalue weighted by molar-refractivity contribution is 5.82. The maximum absolute atomic E-state index is 12.8. The van der Waals surface area contributed by atoms with Crippen LogP contribution in [-0.2, 0) is 16.1 Å². The lowest BCUT2D eigenvalue weighted by molar-refractivity contribution is -0.135. The predicted molar refractivity (Wildman–Crippen MR) is 104 cm³/mol. The van der Waals surface area contributed by atoms with Gasteiger partial charge >= 0.3 is 0 Å². The highest BCUT2D eigenvalue weighted by atomic mass is 16.2. The molecule has 0 spiro atoms. The SMILES string of the molecule is O=C1CN(CC(=O)N2CCC[C@H](c3nccn3Cc3ccccn3)C2)CCN1. The third-order valence-electron chi connectivity index (χ3n) is 5.42. The second kappa shape index (κ2) is 8.52. The van der Waals surface area contributed by atoms with E-state index < -0.39 is 0 Å². The number of piperazine rings is 1. The van der Waals surface area contributed by atoms with Gasteiger partial charge in [0.1, 0.15) is 5.82 Å². The molecule has 0 aliphatic carbocycles. The average molecular weight is 382 g/mol. The summed E-state index contributed by atoms with van der Waals surface area (Å²) in [6, 6.07) is 5.91. The fourth-order valence-electron chi connectivity index (χ4n) is 4.01. The highest BCUT2D eigenvalue weighted by Crippen LogP contribution is 2.26. The molecule has 0 unspecified atom stereocenters. The molecule has 148 valence electrons. The first-order chi connectivity index (χ1) is 13.7. The second-order valence-corrected chi connectivity index (χ2v) is 7.47. The summed E-state index contributed by atoms with van der Waals surface area (Å²) in [6.45, 7) is 4.08. The van der Waals surface area contributed by atoms with Crippen LogP contribution in [-0.4, -0.2) is 75.4 Å². The molecule has 4 rings (SSSR count). The van der Waals surface area contributed by atoms with Crippen molar-refractivity contribution in [2.75, 3.05) is 39.3 Å². The Labute approximate surface area is 164 Å². The summed E-state index contributed by atoms with van der Waals surface area (Å²) in [5.74, 6) is 1.33. The number of imidazole rings is 1. The van der Waals surface area contributed by atoms with Crippen molar-refractivity contribution in [3.63, 3.8) is 0 Å². The molecule has 2 aliphatic rings. The lowest BCUT2D eigenvalue weighted by atomic mass is 9.97. The summed E-state index contributed by atoms with van der Waals surface area (Å²) in [7, 11) is 0. The molecule has 2 aliphatic heterocycles. The normalized spacial score (nSPS) is 20.8. The van der Waals surface area contributed by atoms with Gasteiger partial charge in [0.25, 0.3) is 0 Å². The molecule has 8 nitrogen and oxygen atoms in total. The highest BCUT2D eigenvalue weighted by Gasteiger charge is 2.29. The van der Waals surface area contributed by atoms with Gasteiger partial charge in [-0.1, -0.05) is 6.07 Å². The number of carbonyl (C=O) groups excluding carboxylic acids is 2. The van der Waals surface area contributed by atoms with Crippen LogP contribution in [0.25, 0.3) is 0 Å². The average Bonchev–Trinajstić information content (AvgIpc) is 3.17. The predicted octanol–water partition coefficient (Wildman–Crippen LogP) is 0.464. The first-order valence-electron chi connectivity index (χ1n) is 9.87. The van der Waals surface area contributed by atoms with Gasteiger partial charge in [0.05, 0.1) is 25.3 Å². The Morgan fingerprint density at radius 3 is 2.96 bits per heavy atom. The molecule has 1 atom stereocenters. The molecule has 1 N–H and O–H groups in total. The van der Waals surface area contributed by atoms with Gasteiger partial charge in [-0.2, -0.15) is 0 Å². The largest absolute Gasteiger partial charge is 0.354 e. The molecular formula is C20H26N6O2. The minimum absolute atomic E-state index is 0.00730. The zero-order chi connectivity index (χ0) is 19.3. The number of nitrogens with one attached hydrogen (secondary N) is 1. The van der Waals surface area contributed by atoms with Gasteiger partial charge < -0.3 is 14.8 Å². The molecule has 2 amide bonds. The van der Waals surface area contributed by atoms with Crippen LogP contribution in [0.3, 0.4) is 0 Å². The molecule has 8 heteroatoms. The number of piperidine rings is 1. The molecule has 0 radical (unpaired) electrons. The summed E-state index contributed by atoms with van der Waals surface area (Å²) in [4.78, 5) is 37.2. The molecule has 2 fully saturated rings. The van der Waals surface area contributed by atoms with Gasteiger partial charge in [0.15, 0.2) is 0 Å². The summed E-state index contributed by atoms with van der Waals surface area (Å²) < 4.78 is 2.13. The number of nitrogens with zero attached hydrogens (tertiary/aromatic N) is 5. The number of amides is 2. The number of pyridine rings is 1. The fourth-order valence-corrected chi connectivity index (χ4v) is 4.01. The van der Waals surface area contributed by atoms with E-state index in [1.54, 1.807) is 6.20 Å². The van der Waals surface area contributed by atoms with Crippen LogP contribution < -0.4 is 5.32 Å². The molecule has 0 bridgehead atoms. The molecular weight excluding hydrogens is 356 g/mol. The van der Waals surface area contributed by atoms with E-state index in [2.05, 4.69) is 19.9 Å².